The Bertz CT molecular complexity index is 3280. The number of halogens is 3. The zero-order valence-corrected chi connectivity index (χ0v) is 45.8. The van der Waals surface area contributed by atoms with Crippen LogP contribution in [0.25, 0.3) is 48.6 Å². The predicted octanol–water partition coefficient (Wildman–Crippen LogP) is 20.6. The fourth-order valence-corrected chi connectivity index (χ4v) is 9.17. The van der Waals surface area contributed by atoms with Crippen LogP contribution in [0.2, 0.25) is 0 Å². The van der Waals surface area contributed by atoms with Crippen molar-refractivity contribution in [2.75, 3.05) is 29.5 Å². The Balaban J connectivity index is 1.10. The molecule has 0 bridgehead atoms. The highest BCUT2D eigenvalue weighted by atomic mass is 19.4. The van der Waals surface area contributed by atoms with Crippen molar-refractivity contribution < 1.29 is 17.9 Å². The topological polar surface area (TPSA) is 15.7 Å². The van der Waals surface area contributed by atoms with Gasteiger partial charge < -0.3 is 14.5 Å². The van der Waals surface area contributed by atoms with Crippen LogP contribution in [0.15, 0.2) is 194 Å². The molecule has 0 saturated carbocycles. The molecule has 400 valence electrons. The van der Waals surface area contributed by atoms with Crippen LogP contribution in [-0.2, 0) is 6.18 Å². The summed E-state index contributed by atoms with van der Waals surface area (Å²) in [5.41, 5.74) is 13.1. The third-order valence-electron chi connectivity index (χ3n) is 13.6. The van der Waals surface area contributed by atoms with Crippen molar-refractivity contribution in [1.82, 2.24) is 0 Å². The summed E-state index contributed by atoms with van der Waals surface area (Å²) in [5.74, 6) is 7.85. The summed E-state index contributed by atoms with van der Waals surface area (Å²) in [7, 11) is 0. The van der Waals surface area contributed by atoms with Gasteiger partial charge in [0, 0.05) is 47.0 Å². The maximum Gasteiger partial charge on any atom is 0.416 e. The average Bonchev–Trinajstić information content (AvgIpc) is 3.48. The van der Waals surface area contributed by atoms with Crippen molar-refractivity contribution in [2.24, 2.45) is 0 Å². The number of nitrogens with zero attached hydrogens (tertiary/aromatic N) is 2. The molecule has 8 rings (SSSR count). The molecule has 0 N–H and O–H groups in total. The maximum absolute atomic E-state index is 13.4. The van der Waals surface area contributed by atoms with Crippen LogP contribution in [0, 0.1) is 11.8 Å². The molecule has 0 heterocycles. The first-order valence-electron chi connectivity index (χ1n) is 27.9. The van der Waals surface area contributed by atoms with Crippen LogP contribution < -0.4 is 14.5 Å². The van der Waals surface area contributed by atoms with Gasteiger partial charge in [0.1, 0.15) is 5.75 Å². The number of benzene rings is 8. The van der Waals surface area contributed by atoms with Gasteiger partial charge in [-0.25, -0.2) is 0 Å². The number of para-hydroxylation sites is 2. The molecule has 0 saturated heterocycles. The molecular formula is C73H71F3N2O. The molecule has 0 aliphatic heterocycles. The number of ether oxygens (including phenoxy) is 1. The minimum absolute atomic E-state index is 0.665. The van der Waals surface area contributed by atoms with Gasteiger partial charge in [0.05, 0.1) is 12.2 Å². The second-order valence-corrected chi connectivity index (χ2v) is 19.8. The molecule has 0 atom stereocenters. The van der Waals surface area contributed by atoms with Gasteiger partial charge in [0.2, 0.25) is 0 Å². The molecule has 79 heavy (non-hydrogen) atoms. The van der Waals surface area contributed by atoms with E-state index in [1.807, 2.05) is 42.5 Å². The van der Waals surface area contributed by atoms with Gasteiger partial charge in [-0.05, 0) is 173 Å². The second kappa shape index (κ2) is 29.3. The van der Waals surface area contributed by atoms with Crippen molar-refractivity contribution in [3.63, 3.8) is 0 Å². The largest absolute Gasteiger partial charge is 0.494 e. The molecule has 0 aliphatic rings. The van der Waals surface area contributed by atoms with Crippen LogP contribution >= 0.6 is 0 Å². The highest BCUT2D eigenvalue weighted by molar-refractivity contribution is 5.80. The lowest BCUT2D eigenvalue weighted by Gasteiger charge is -2.25. The van der Waals surface area contributed by atoms with Gasteiger partial charge in [-0.15, -0.1) is 0 Å². The number of rotatable bonds is 24. The molecule has 3 nitrogen and oxygen atoms in total. The van der Waals surface area contributed by atoms with E-state index in [4.69, 9.17) is 4.74 Å². The maximum atomic E-state index is 13.4. The second-order valence-electron chi connectivity index (χ2n) is 19.8. The van der Waals surface area contributed by atoms with Crippen molar-refractivity contribution in [3.8, 4) is 17.6 Å². The van der Waals surface area contributed by atoms with E-state index in [1.165, 1.54) is 37.1 Å². The molecular weight excluding hydrogens is 978 g/mol. The zero-order chi connectivity index (χ0) is 55.1. The van der Waals surface area contributed by atoms with E-state index in [9.17, 15) is 13.2 Å². The van der Waals surface area contributed by atoms with Crippen LogP contribution in [0.4, 0.5) is 35.9 Å². The first-order chi connectivity index (χ1) is 38.6. The molecule has 0 fully saturated rings. The monoisotopic (exact) mass is 1050 g/mol. The summed E-state index contributed by atoms with van der Waals surface area (Å²) in [4.78, 5) is 4.74. The normalized spacial score (nSPS) is 11.7. The summed E-state index contributed by atoms with van der Waals surface area (Å²) >= 11 is 0. The minimum Gasteiger partial charge on any atom is -0.494 e. The first-order valence-corrected chi connectivity index (χ1v) is 27.9. The Morgan fingerprint density at radius 3 is 1.15 bits per heavy atom. The van der Waals surface area contributed by atoms with Gasteiger partial charge in [-0.2, -0.15) is 13.2 Å². The quantitative estimate of drug-likeness (QED) is 0.0341. The first kappa shape index (κ1) is 56.7. The molecule has 0 amide bonds. The molecule has 8 aromatic carbocycles. The van der Waals surface area contributed by atoms with E-state index in [1.54, 1.807) is 0 Å². The number of anilines is 4. The number of hydrogen-bond donors (Lipinski definition) is 0. The van der Waals surface area contributed by atoms with E-state index in [-0.39, 0.29) is 0 Å². The Morgan fingerprint density at radius 1 is 0.380 bits per heavy atom. The van der Waals surface area contributed by atoms with E-state index in [2.05, 4.69) is 218 Å². The molecule has 0 spiro atoms. The molecule has 0 radical (unpaired) electrons. The summed E-state index contributed by atoms with van der Waals surface area (Å²) < 4.78 is 46.2. The molecule has 0 aromatic heterocycles. The minimum atomic E-state index is -4.40. The van der Waals surface area contributed by atoms with Crippen molar-refractivity contribution >= 4 is 71.4 Å². The number of alkyl halides is 3. The smallest absolute Gasteiger partial charge is 0.416 e. The standard InChI is InChI=1S/C73H71F3N2O/c1-4-7-10-17-50-79-72-46-38-60(39-47-72)25-29-64-52-63(28-24-59-36-44-71(45-37-59)78(69-18-13-11-14-19-69)70-20-15-12-16-21-70)55-66(56-64)31-30-65-53-61(26-22-57-32-40-67(41-33-57)73(74,75)76)51-62(54-65)27-23-58-34-42-68(43-35-58)77(48-8-5-2)49-9-6-3/h11-16,18-29,32-47,51-56H,4-10,17,48-50H2,1-3H3/b26-22+,27-23+,28-24+,29-25+. The van der Waals surface area contributed by atoms with Gasteiger partial charge in [0.25, 0.3) is 0 Å². The molecule has 0 unspecified atom stereocenters. The van der Waals surface area contributed by atoms with E-state index in [0.717, 1.165) is 137 Å². The van der Waals surface area contributed by atoms with Gasteiger partial charge in [-0.3, -0.25) is 0 Å². The Hall–Kier alpha value is -8.53. The van der Waals surface area contributed by atoms with Crippen LogP contribution in [0.1, 0.15) is 133 Å². The van der Waals surface area contributed by atoms with Crippen molar-refractivity contribution in [1.29, 1.82) is 0 Å². The summed E-state index contributed by atoms with van der Waals surface area (Å²) in [6, 6.07) is 64.1. The lowest BCUT2D eigenvalue weighted by Crippen LogP contribution is -2.25. The summed E-state index contributed by atoms with van der Waals surface area (Å²) in [6.45, 7) is 9.49. The van der Waals surface area contributed by atoms with Crippen LogP contribution in [0.3, 0.4) is 0 Å². The number of unbranched alkanes of at least 4 members (excludes halogenated alkanes) is 5. The highest BCUT2D eigenvalue weighted by Gasteiger charge is 2.29. The van der Waals surface area contributed by atoms with Crippen LogP contribution in [-0.4, -0.2) is 19.7 Å². The fourth-order valence-electron chi connectivity index (χ4n) is 9.17. The van der Waals surface area contributed by atoms with Crippen LogP contribution in [0.5, 0.6) is 5.75 Å². The summed E-state index contributed by atoms with van der Waals surface area (Å²) in [6.07, 6.45) is 21.3. The lowest BCUT2D eigenvalue weighted by atomic mass is 10.0. The van der Waals surface area contributed by atoms with Crippen molar-refractivity contribution in [2.45, 2.75) is 78.3 Å². The predicted molar refractivity (Wildman–Crippen MR) is 332 cm³/mol. The molecule has 8 aromatic rings. The molecule has 0 aliphatic carbocycles. The lowest BCUT2D eigenvalue weighted by molar-refractivity contribution is -0.137. The SMILES string of the molecule is CCCCCCOc1ccc(/C=C/c2cc(C#Cc3cc(/C=C/c4ccc(N(CCCC)CCCC)cc4)cc(/C=C/c4ccc(C(F)(F)F)cc4)c3)cc(/C=C/c3ccc(N(c4ccccc4)c4ccccc4)cc3)c2)cc1. The number of hydrogen-bond acceptors (Lipinski definition) is 3. The van der Waals surface area contributed by atoms with Crippen molar-refractivity contribution in [3.05, 3.63) is 255 Å². The third-order valence-corrected chi connectivity index (χ3v) is 13.6. The Morgan fingerprint density at radius 2 is 0.747 bits per heavy atom. The van der Waals surface area contributed by atoms with E-state index < -0.39 is 11.7 Å². The van der Waals surface area contributed by atoms with E-state index >= 15 is 0 Å². The van der Waals surface area contributed by atoms with E-state index in [0.29, 0.717) is 5.56 Å². The third kappa shape index (κ3) is 17.8. The average molecular weight is 1050 g/mol. The van der Waals surface area contributed by atoms with Gasteiger partial charge >= 0.3 is 6.18 Å². The fraction of sp³-hybridized carbons (Fsp3) is 0.205. The zero-order valence-electron chi connectivity index (χ0n) is 45.8. The Labute approximate surface area is 467 Å². The van der Waals surface area contributed by atoms with Gasteiger partial charge in [0.15, 0.2) is 0 Å². The van der Waals surface area contributed by atoms with Gasteiger partial charge in [-0.1, -0.05) is 198 Å². The summed E-state index contributed by atoms with van der Waals surface area (Å²) in [5, 5.41) is 0. The Kier molecular flexibility index (Phi) is 21.0. The highest BCUT2D eigenvalue weighted by Crippen LogP contribution is 2.35. The molecule has 6 heteroatoms.